The predicted molar refractivity (Wildman–Crippen MR) is 41.7 cm³/mol. The molecule has 0 saturated carbocycles. The van der Waals surface area contributed by atoms with E-state index in [-0.39, 0.29) is 6.17 Å². The fraction of sp³-hybridized carbons (Fsp3) is 1.00. The van der Waals surface area contributed by atoms with Crippen molar-refractivity contribution in [2.75, 3.05) is 6.54 Å². The molecule has 0 radical (unpaired) electrons. The first-order valence-electron chi connectivity index (χ1n) is 4.08. The molecule has 5 nitrogen and oxygen atoms in total. The highest BCUT2D eigenvalue weighted by Gasteiger charge is 2.38. The van der Waals surface area contributed by atoms with E-state index in [0.29, 0.717) is 12.0 Å². The van der Waals surface area contributed by atoms with Crippen molar-refractivity contribution in [3.05, 3.63) is 0 Å². The van der Waals surface area contributed by atoms with Crippen LogP contribution in [0, 0.1) is 5.92 Å². The van der Waals surface area contributed by atoms with Crippen LogP contribution in [0.2, 0.25) is 0 Å². The molecule has 3 unspecified atom stereocenters. The molecule has 64 valence electrons. The number of hydrazine groups is 3. The molecular weight excluding hydrogens is 142 g/mol. The van der Waals surface area contributed by atoms with Gasteiger partial charge in [0.25, 0.3) is 0 Å². The maximum absolute atomic E-state index is 5.82. The molecule has 0 aromatic rings. The molecule has 0 aromatic carbocycles. The molecule has 2 aliphatic heterocycles. The van der Waals surface area contributed by atoms with E-state index in [1.807, 2.05) is 5.12 Å². The molecule has 0 spiro atoms. The average Bonchev–Trinajstić information content (AvgIpc) is 2.30. The van der Waals surface area contributed by atoms with Crippen molar-refractivity contribution >= 4 is 0 Å². The predicted octanol–water partition coefficient (Wildman–Crippen LogP) is -1.49. The fourth-order valence-electron chi connectivity index (χ4n) is 1.72. The summed E-state index contributed by atoms with van der Waals surface area (Å²) in [6, 6.07) is 0.534. The fourth-order valence-corrected chi connectivity index (χ4v) is 1.72. The van der Waals surface area contributed by atoms with Gasteiger partial charge >= 0.3 is 0 Å². The molecule has 2 saturated heterocycles. The van der Waals surface area contributed by atoms with E-state index in [0.717, 1.165) is 13.0 Å². The highest BCUT2D eigenvalue weighted by atomic mass is 15.9. The summed E-state index contributed by atoms with van der Waals surface area (Å²) in [6.45, 7) is 3.19. The number of nitrogens with two attached hydrogens (primary N) is 1. The van der Waals surface area contributed by atoms with E-state index in [1.54, 1.807) is 0 Å². The van der Waals surface area contributed by atoms with Gasteiger partial charge in [-0.1, -0.05) is 6.92 Å². The molecule has 5 N–H and O–H groups in total. The minimum atomic E-state index is 0.0902. The molecule has 0 aliphatic carbocycles. The van der Waals surface area contributed by atoms with E-state index in [2.05, 4.69) is 23.3 Å². The first kappa shape index (κ1) is 7.45. The molecule has 0 aromatic heterocycles. The third-order valence-electron chi connectivity index (χ3n) is 2.56. The molecule has 2 aliphatic rings. The van der Waals surface area contributed by atoms with E-state index in [1.165, 1.54) is 0 Å². The number of hydrogen-bond donors (Lipinski definition) is 4. The summed E-state index contributed by atoms with van der Waals surface area (Å²) in [5.41, 5.74) is 15.0. The monoisotopic (exact) mass is 157 g/mol. The van der Waals surface area contributed by atoms with Gasteiger partial charge in [-0.05, 0) is 6.42 Å². The Morgan fingerprint density at radius 1 is 1.55 bits per heavy atom. The van der Waals surface area contributed by atoms with Gasteiger partial charge < -0.3 is 5.73 Å². The number of rotatable bonds is 0. The minimum absolute atomic E-state index is 0.0902. The second kappa shape index (κ2) is 2.69. The molecule has 3 atom stereocenters. The summed E-state index contributed by atoms with van der Waals surface area (Å²) in [6.07, 6.45) is 1.24. The molecule has 11 heavy (non-hydrogen) atoms. The number of nitrogens with one attached hydrogen (secondary N) is 3. The number of nitrogens with zero attached hydrogens (tertiary/aromatic N) is 1. The minimum Gasteiger partial charge on any atom is -0.315 e. The Hall–Kier alpha value is -0.200. The zero-order valence-corrected chi connectivity index (χ0v) is 6.67. The lowest BCUT2D eigenvalue weighted by Crippen LogP contribution is -2.60. The van der Waals surface area contributed by atoms with E-state index >= 15 is 0 Å². The van der Waals surface area contributed by atoms with Gasteiger partial charge in [0, 0.05) is 18.5 Å². The SMILES string of the molecule is CC1C(N)NN2NNCCC12. The largest absolute Gasteiger partial charge is 0.315 e. The molecule has 2 heterocycles. The Morgan fingerprint density at radius 2 is 2.36 bits per heavy atom. The van der Waals surface area contributed by atoms with E-state index < -0.39 is 0 Å². The van der Waals surface area contributed by atoms with Gasteiger partial charge in [-0.15, -0.1) is 0 Å². The standard InChI is InChI=1S/C6H15N5/c1-4-5-2-3-8-10-11(5)9-6(4)7/h4-6,8-10H,2-3,7H2,1H3. The van der Waals surface area contributed by atoms with Gasteiger partial charge in [0.05, 0.1) is 6.17 Å². The van der Waals surface area contributed by atoms with Crippen LogP contribution in [-0.4, -0.2) is 23.9 Å². The van der Waals surface area contributed by atoms with Crippen LogP contribution in [0.15, 0.2) is 0 Å². The highest BCUT2D eigenvalue weighted by Crippen LogP contribution is 2.20. The summed E-state index contributed by atoms with van der Waals surface area (Å²) in [5, 5.41) is 1.97. The Labute approximate surface area is 66.2 Å². The topological polar surface area (TPSA) is 65.3 Å². The molecule has 2 fully saturated rings. The van der Waals surface area contributed by atoms with Gasteiger partial charge in [-0.25, -0.2) is 10.9 Å². The summed E-state index contributed by atoms with van der Waals surface area (Å²) in [5.74, 6) is 0.518. The first-order chi connectivity index (χ1) is 5.29. The smallest absolute Gasteiger partial charge is 0.0737 e. The van der Waals surface area contributed by atoms with Crippen molar-refractivity contribution < 1.29 is 0 Å². The molecule has 5 heteroatoms. The zero-order chi connectivity index (χ0) is 7.84. The van der Waals surface area contributed by atoms with Crippen LogP contribution in [0.4, 0.5) is 0 Å². The van der Waals surface area contributed by atoms with Gasteiger partial charge in [0.1, 0.15) is 0 Å². The maximum Gasteiger partial charge on any atom is 0.0737 e. The summed E-state index contributed by atoms with van der Waals surface area (Å²) < 4.78 is 0. The van der Waals surface area contributed by atoms with Gasteiger partial charge in [0.15, 0.2) is 0 Å². The van der Waals surface area contributed by atoms with Crippen LogP contribution in [0.1, 0.15) is 13.3 Å². The van der Waals surface area contributed by atoms with Gasteiger partial charge in [-0.2, -0.15) is 10.7 Å². The second-order valence-corrected chi connectivity index (χ2v) is 3.28. The van der Waals surface area contributed by atoms with Crippen molar-refractivity contribution in [1.29, 1.82) is 0 Å². The normalized spacial score (nSPS) is 45.8. The van der Waals surface area contributed by atoms with Crippen molar-refractivity contribution in [1.82, 2.24) is 21.5 Å². The molecule has 2 rings (SSSR count). The highest BCUT2D eigenvalue weighted by molar-refractivity contribution is 4.87. The van der Waals surface area contributed by atoms with Gasteiger partial charge in [-0.3, -0.25) is 0 Å². The quantitative estimate of drug-likeness (QED) is 0.345. The third-order valence-corrected chi connectivity index (χ3v) is 2.56. The van der Waals surface area contributed by atoms with Gasteiger partial charge in [0.2, 0.25) is 0 Å². The van der Waals surface area contributed by atoms with Crippen molar-refractivity contribution in [2.45, 2.75) is 25.6 Å². The molecule has 0 amide bonds. The molecular formula is C6H15N5. The molecule has 0 bridgehead atoms. The number of hydrogen-bond acceptors (Lipinski definition) is 5. The van der Waals surface area contributed by atoms with Crippen molar-refractivity contribution in [2.24, 2.45) is 11.7 Å². The number of fused-ring (bicyclic) bond motifs is 1. The summed E-state index contributed by atoms with van der Waals surface area (Å²) in [7, 11) is 0. The van der Waals surface area contributed by atoms with Crippen LogP contribution in [0.3, 0.4) is 0 Å². The van der Waals surface area contributed by atoms with Crippen LogP contribution < -0.4 is 22.1 Å². The lowest BCUT2D eigenvalue weighted by Gasteiger charge is -2.31. The zero-order valence-electron chi connectivity index (χ0n) is 6.67. The van der Waals surface area contributed by atoms with Crippen molar-refractivity contribution in [3.63, 3.8) is 0 Å². The Morgan fingerprint density at radius 3 is 3.09 bits per heavy atom. The maximum atomic E-state index is 5.82. The Bertz CT molecular complexity index is 150. The lowest BCUT2D eigenvalue weighted by atomic mass is 9.99. The third kappa shape index (κ3) is 1.15. The van der Waals surface area contributed by atoms with Crippen LogP contribution in [0.5, 0.6) is 0 Å². The lowest BCUT2D eigenvalue weighted by molar-refractivity contribution is 0.0362. The van der Waals surface area contributed by atoms with E-state index in [4.69, 9.17) is 5.73 Å². The average molecular weight is 157 g/mol. The Kier molecular flexibility index (Phi) is 1.82. The summed E-state index contributed by atoms with van der Waals surface area (Å²) in [4.78, 5) is 0. The van der Waals surface area contributed by atoms with Crippen LogP contribution in [-0.2, 0) is 0 Å². The van der Waals surface area contributed by atoms with Crippen LogP contribution in [0.25, 0.3) is 0 Å². The second-order valence-electron chi connectivity index (χ2n) is 3.28. The summed E-state index contributed by atoms with van der Waals surface area (Å²) >= 11 is 0. The first-order valence-corrected chi connectivity index (χ1v) is 4.08. The van der Waals surface area contributed by atoms with E-state index in [9.17, 15) is 0 Å². The van der Waals surface area contributed by atoms with Crippen LogP contribution >= 0.6 is 0 Å². The Balaban J connectivity index is 2.05. The van der Waals surface area contributed by atoms with Crippen molar-refractivity contribution in [3.8, 4) is 0 Å².